The van der Waals surface area contributed by atoms with Gasteiger partial charge in [-0.3, -0.25) is 0 Å². The van der Waals surface area contributed by atoms with E-state index in [9.17, 15) is 4.79 Å². The van der Waals surface area contributed by atoms with Crippen LogP contribution in [0.3, 0.4) is 0 Å². The molecule has 94 valence electrons. The summed E-state index contributed by atoms with van der Waals surface area (Å²) < 4.78 is 9.81. The van der Waals surface area contributed by atoms with Crippen molar-refractivity contribution in [1.29, 1.82) is 0 Å². The van der Waals surface area contributed by atoms with E-state index < -0.39 is 11.5 Å². The van der Waals surface area contributed by atoms with Crippen molar-refractivity contribution in [1.82, 2.24) is 4.98 Å². The first kappa shape index (κ1) is 13.2. The molecule has 0 aliphatic heterocycles. The first-order valence-electron chi connectivity index (χ1n) is 5.02. The zero-order valence-electron chi connectivity index (χ0n) is 10.1. The van der Waals surface area contributed by atoms with E-state index in [1.54, 1.807) is 19.1 Å². The molecule has 0 saturated heterocycles. The normalized spacial score (nSPS) is 13.8. The molecule has 1 aromatic rings. The second-order valence-electron chi connectivity index (χ2n) is 3.78. The van der Waals surface area contributed by atoms with Crippen LogP contribution in [0.25, 0.3) is 0 Å². The lowest BCUT2D eigenvalue weighted by molar-refractivity contribution is -0.143. The van der Waals surface area contributed by atoms with Gasteiger partial charge in [0.1, 0.15) is 0 Å². The number of carboxylic acids is 1. The minimum absolute atomic E-state index is 0.0500. The van der Waals surface area contributed by atoms with Crippen LogP contribution in [0.15, 0.2) is 18.3 Å². The van der Waals surface area contributed by atoms with Crippen molar-refractivity contribution in [3.63, 3.8) is 0 Å². The highest BCUT2D eigenvalue weighted by Gasteiger charge is 2.33. The van der Waals surface area contributed by atoms with E-state index in [0.717, 1.165) is 0 Å². The van der Waals surface area contributed by atoms with Gasteiger partial charge in [-0.15, -0.1) is 0 Å². The maximum atomic E-state index is 11.2. The molecule has 0 spiro atoms. The maximum Gasteiger partial charge on any atom is 0.331 e. The van der Waals surface area contributed by atoms with Gasteiger partial charge in [-0.1, -0.05) is 0 Å². The number of ether oxygens (including phenoxy) is 2. The highest BCUT2D eigenvalue weighted by atomic mass is 16.5. The molecule has 1 rings (SSSR count). The van der Waals surface area contributed by atoms with Gasteiger partial charge in [-0.05, 0) is 13.0 Å². The topological polar surface area (TPSA) is 80.7 Å². The Kier molecular flexibility index (Phi) is 4.28. The Bertz CT molecular complexity index is 380. The molecule has 1 atom stereocenters. The fraction of sp³-hybridized carbons (Fsp3) is 0.455. The fourth-order valence-electron chi connectivity index (χ4n) is 1.33. The molecule has 17 heavy (non-hydrogen) atoms. The largest absolute Gasteiger partial charge is 0.481 e. The SMILES string of the molecule is COCC(C)(Nc1ccc(OC)nc1)C(=O)O. The minimum atomic E-state index is -1.19. The average molecular weight is 240 g/mol. The van der Waals surface area contributed by atoms with Crippen molar-refractivity contribution in [3.05, 3.63) is 18.3 Å². The molecule has 0 bridgehead atoms. The number of rotatable bonds is 6. The van der Waals surface area contributed by atoms with Crippen LogP contribution in [0, 0.1) is 0 Å². The van der Waals surface area contributed by atoms with Crippen LogP contribution in [-0.4, -0.2) is 42.4 Å². The summed E-state index contributed by atoms with van der Waals surface area (Å²) in [6.45, 7) is 1.59. The first-order chi connectivity index (χ1) is 8.01. The fourth-order valence-corrected chi connectivity index (χ4v) is 1.33. The van der Waals surface area contributed by atoms with Crippen molar-refractivity contribution in [2.45, 2.75) is 12.5 Å². The molecule has 0 aliphatic rings. The number of hydrogen-bond donors (Lipinski definition) is 2. The van der Waals surface area contributed by atoms with Crippen molar-refractivity contribution >= 4 is 11.7 Å². The van der Waals surface area contributed by atoms with E-state index in [4.69, 9.17) is 14.6 Å². The summed E-state index contributed by atoms with van der Waals surface area (Å²) in [5, 5.41) is 12.0. The summed E-state index contributed by atoms with van der Waals surface area (Å²) in [6, 6.07) is 3.35. The number of carboxylic acid groups (broad SMARTS) is 1. The molecule has 0 aromatic carbocycles. The minimum Gasteiger partial charge on any atom is -0.481 e. The summed E-state index contributed by atoms with van der Waals surface area (Å²) >= 11 is 0. The van der Waals surface area contributed by atoms with E-state index in [2.05, 4.69) is 10.3 Å². The standard InChI is InChI=1S/C11H16N2O4/c1-11(7-16-2,10(14)15)13-8-4-5-9(17-3)12-6-8/h4-6,13H,7H2,1-3H3,(H,14,15). The number of aliphatic carboxylic acids is 1. The molecule has 0 aliphatic carbocycles. The number of pyridine rings is 1. The summed E-state index contributed by atoms with van der Waals surface area (Å²) in [6.07, 6.45) is 1.51. The van der Waals surface area contributed by atoms with Crippen molar-refractivity contribution < 1.29 is 19.4 Å². The van der Waals surface area contributed by atoms with E-state index >= 15 is 0 Å². The number of nitrogens with zero attached hydrogens (tertiary/aromatic N) is 1. The monoisotopic (exact) mass is 240 g/mol. The van der Waals surface area contributed by atoms with Gasteiger partial charge in [0.25, 0.3) is 0 Å². The van der Waals surface area contributed by atoms with E-state index in [1.165, 1.54) is 20.4 Å². The highest BCUT2D eigenvalue weighted by molar-refractivity contribution is 5.82. The van der Waals surface area contributed by atoms with Gasteiger partial charge in [0.05, 0.1) is 25.6 Å². The number of aromatic nitrogens is 1. The quantitative estimate of drug-likeness (QED) is 0.771. The van der Waals surface area contributed by atoms with Crippen molar-refractivity contribution in [3.8, 4) is 5.88 Å². The number of carbonyl (C=O) groups is 1. The molecule has 2 N–H and O–H groups in total. The van der Waals surface area contributed by atoms with Gasteiger partial charge in [0.15, 0.2) is 5.54 Å². The Morgan fingerprint density at radius 1 is 1.53 bits per heavy atom. The predicted molar refractivity (Wildman–Crippen MR) is 62.3 cm³/mol. The van der Waals surface area contributed by atoms with Gasteiger partial charge in [0.2, 0.25) is 5.88 Å². The van der Waals surface area contributed by atoms with Gasteiger partial charge >= 0.3 is 5.97 Å². The summed E-state index contributed by atoms with van der Waals surface area (Å²) in [5.41, 5.74) is -0.599. The van der Waals surface area contributed by atoms with Crippen molar-refractivity contribution in [2.75, 3.05) is 26.1 Å². The van der Waals surface area contributed by atoms with Crippen LogP contribution < -0.4 is 10.1 Å². The Hall–Kier alpha value is -1.82. The van der Waals surface area contributed by atoms with Gasteiger partial charge in [0, 0.05) is 13.2 Å². The van der Waals surface area contributed by atoms with Gasteiger partial charge < -0.3 is 19.9 Å². The number of methoxy groups -OCH3 is 2. The highest BCUT2D eigenvalue weighted by Crippen LogP contribution is 2.17. The third kappa shape index (κ3) is 3.32. The van der Waals surface area contributed by atoms with Crippen molar-refractivity contribution in [2.24, 2.45) is 0 Å². The molecule has 1 heterocycles. The number of anilines is 1. The predicted octanol–water partition coefficient (Wildman–Crippen LogP) is 0.992. The van der Waals surface area contributed by atoms with Crippen LogP contribution in [0.4, 0.5) is 5.69 Å². The molecule has 1 aromatic heterocycles. The lowest BCUT2D eigenvalue weighted by Gasteiger charge is -2.26. The summed E-state index contributed by atoms with van der Waals surface area (Å²) in [4.78, 5) is 15.1. The van der Waals surface area contributed by atoms with Crippen LogP contribution in [0.2, 0.25) is 0 Å². The second kappa shape index (κ2) is 5.49. The molecule has 0 radical (unpaired) electrons. The molecule has 6 heteroatoms. The van der Waals surface area contributed by atoms with Crippen LogP contribution in [0.5, 0.6) is 5.88 Å². The number of hydrogen-bond acceptors (Lipinski definition) is 5. The molecule has 1 unspecified atom stereocenters. The van der Waals surface area contributed by atoms with Gasteiger partial charge in [-0.2, -0.15) is 0 Å². The Labute approximate surface area is 99.6 Å². The molecule has 0 fully saturated rings. The third-order valence-corrected chi connectivity index (χ3v) is 2.27. The molecule has 0 saturated carbocycles. The summed E-state index contributed by atoms with van der Waals surface area (Å²) in [7, 11) is 2.97. The molecule has 6 nitrogen and oxygen atoms in total. The van der Waals surface area contributed by atoms with Crippen LogP contribution in [-0.2, 0) is 9.53 Å². The Balaban J connectivity index is 2.82. The van der Waals surface area contributed by atoms with E-state index in [1.807, 2.05) is 0 Å². The molecule has 0 amide bonds. The molecular weight excluding hydrogens is 224 g/mol. The maximum absolute atomic E-state index is 11.2. The van der Waals surface area contributed by atoms with E-state index in [0.29, 0.717) is 11.6 Å². The smallest absolute Gasteiger partial charge is 0.331 e. The van der Waals surface area contributed by atoms with Crippen LogP contribution in [0.1, 0.15) is 6.92 Å². The van der Waals surface area contributed by atoms with Gasteiger partial charge in [-0.25, -0.2) is 9.78 Å². The molecular formula is C11H16N2O4. The second-order valence-corrected chi connectivity index (χ2v) is 3.78. The van der Waals surface area contributed by atoms with Crippen LogP contribution >= 0.6 is 0 Å². The Morgan fingerprint density at radius 3 is 2.65 bits per heavy atom. The zero-order valence-corrected chi connectivity index (χ0v) is 10.1. The Morgan fingerprint density at radius 2 is 2.24 bits per heavy atom. The third-order valence-electron chi connectivity index (χ3n) is 2.27. The summed E-state index contributed by atoms with van der Waals surface area (Å²) in [5.74, 6) is -0.519. The first-order valence-corrected chi connectivity index (χ1v) is 5.02. The average Bonchev–Trinajstić information content (AvgIpc) is 2.30. The lowest BCUT2D eigenvalue weighted by Crippen LogP contribution is -2.47. The number of nitrogens with one attached hydrogen (secondary N) is 1. The lowest BCUT2D eigenvalue weighted by atomic mass is 10.0. The van der Waals surface area contributed by atoms with E-state index in [-0.39, 0.29) is 6.61 Å². The zero-order chi connectivity index (χ0) is 12.9.